The number of halogens is 3. The number of allylic oxidation sites excluding steroid dienone is 1. The van der Waals surface area contributed by atoms with Crippen LogP contribution in [-0.4, -0.2) is 42.4 Å². The molecule has 0 saturated carbocycles. The summed E-state index contributed by atoms with van der Waals surface area (Å²) < 4.78 is 74.8. The number of rotatable bonds is 8. The fourth-order valence-corrected chi connectivity index (χ4v) is 6.05. The van der Waals surface area contributed by atoms with E-state index in [-0.39, 0.29) is 29.0 Å². The molecular weight excluding hydrogens is 603 g/mol. The van der Waals surface area contributed by atoms with E-state index in [1.165, 1.54) is 37.3 Å². The highest BCUT2D eigenvalue weighted by Crippen LogP contribution is 2.43. The molecule has 1 unspecified atom stereocenters. The summed E-state index contributed by atoms with van der Waals surface area (Å²) in [6, 6.07) is 11.6. The molecule has 1 aliphatic rings. The number of aromatic carboxylic acids is 1. The first-order valence-electron chi connectivity index (χ1n) is 12.6. The van der Waals surface area contributed by atoms with E-state index in [2.05, 4.69) is 6.58 Å². The van der Waals surface area contributed by atoms with E-state index < -0.39 is 61.9 Å². The SMILES string of the molecule is C=CCOC(=O)C1=C(C)N(c2cccc(C(F)(F)F)c2)C(=O)N(S(=O)(=O)c2ccc(C(=O)O)cc2)C1c1ccc(C#N)cc1. The molecule has 0 radical (unpaired) electrons. The molecule has 10 nitrogen and oxygen atoms in total. The fourth-order valence-electron chi connectivity index (χ4n) is 4.55. The second kappa shape index (κ2) is 12.1. The second-order valence-electron chi connectivity index (χ2n) is 9.32. The molecule has 1 aliphatic heterocycles. The lowest BCUT2D eigenvalue weighted by molar-refractivity contribution is -0.139. The molecule has 0 saturated heterocycles. The highest BCUT2D eigenvalue weighted by Gasteiger charge is 2.49. The third-order valence-corrected chi connectivity index (χ3v) is 8.36. The van der Waals surface area contributed by atoms with Gasteiger partial charge in [-0.2, -0.15) is 18.4 Å². The van der Waals surface area contributed by atoms with Gasteiger partial charge in [-0.3, -0.25) is 4.90 Å². The zero-order chi connectivity index (χ0) is 32.4. The Morgan fingerprint density at radius 2 is 1.73 bits per heavy atom. The molecule has 0 aromatic heterocycles. The van der Waals surface area contributed by atoms with Crippen LogP contribution in [0, 0.1) is 11.3 Å². The number of ether oxygens (including phenoxy) is 1. The summed E-state index contributed by atoms with van der Waals surface area (Å²) in [5.74, 6) is -2.44. The summed E-state index contributed by atoms with van der Waals surface area (Å²) in [6.45, 7) is 4.40. The zero-order valence-electron chi connectivity index (χ0n) is 22.8. The fraction of sp³-hybridized carbons (Fsp3) is 0.133. The molecule has 0 spiro atoms. The molecule has 1 N–H and O–H groups in total. The molecule has 0 bridgehead atoms. The number of hydrogen-bond donors (Lipinski definition) is 1. The Hall–Kier alpha value is -5.42. The standard InChI is InChI=1S/C30H22F3N3O7S/c1-3-15-43-28(39)25-18(2)35(23-6-4-5-22(16-23)30(31,32)33)29(40)36(26(25)20-9-7-19(17-34)8-10-20)44(41,42)24-13-11-21(12-14-24)27(37)38/h3-14,16,26H,1,15H2,2H3,(H,37,38). The monoisotopic (exact) mass is 625 g/mol. The smallest absolute Gasteiger partial charge is 0.416 e. The van der Waals surface area contributed by atoms with Gasteiger partial charge >= 0.3 is 24.1 Å². The minimum atomic E-state index is -4.96. The minimum Gasteiger partial charge on any atom is -0.478 e. The largest absolute Gasteiger partial charge is 0.478 e. The Bertz CT molecular complexity index is 1830. The van der Waals surface area contributed by atoms with Gasteiger partial charge in [0.15, 0.2) is 0 Å². The van der Waals surface area contributed by atoms with Crippen molar-refractivity contribution < 1.29 is 45.8 Å². The zero-order valence-corrected chi connectivity index (χ0v) is 23.6. The molecule has 14 heteroatoms. The average molecular weight is 626 g/mol. The Morgan fingerprint density at radius 3 is 2.27 bits per heavy atom. The first-order valence-corrected chi connectivity index (χ1v) is 14.0. The number of carboxylic acid groups (broad SMARTS) is 1. The van der Waals surface area contributed by atoms with Gasteiger partial charge in [-0.1, -0.05) is 30.9 Å². The normalized spacial score (nSPS) is 15.5. The third kappa shape index (κ3) is 5.90. The van der Waals surface area contributed by atoms with Crippen LogP contribution in [0.4, 0.5) is 23.7 Å². The lowest BCUT2D eigenvalue weighted by Crippen LogP contribution is -2.53. The van der Waals surface area contributed by atoms with Gasteiger partial charge < -0.3 is 9.84 Å². The number of carbonyl (C=O) groups excluding carboxylic acids is 2. The van der Waals surface area contributed by atoms with Gasteiger partial charge in [0.1, 0.15) is 12.6 Å². The maximum absolute atomic E-state index is 14.2. The molecule has 3 aromatic rings. The lowest BCUT2D eigenvalue weighted by Gasteiger charge is -2.42. The van der Waals surface area contributed by atoms with Gasteiger partial charge in [-0.25, -0.2) is 27.1 Å². The summed E-state index contributed by atoms with van der Waals surface area (Å²) in [5.41, 5.74) is -2.18. The number of anilines is 1. The van der Waals surface area contributed by atoms with Crippen LogP contribution in [0.25, 0.3) is 0 Å². The molecule has 3 aromatic carbocycles. The number of carboxylic acids is 1. The number of hydrogen-bond acceptors (Lipinski definition) is 7. The summed E-state index contributed by atoms with van der Waals surface area (Å²) in [5, 5.41) is 18.5. The van der Waals surface area contributed by atoms with E-state index in [1.807, 2.05) is 6.07 Å². The van der Waals surface area contributed by atoms with Crippen molar-refractivity contribution in [2.24, 2.45) is 0 Å². The topological polar surface area (TPSA) is 145 Å². The van der Waals surface area contributed by atoms with Crippen molar-refractivity contribution in [3.05, 3.63) is 119 Å². The molecule has 1 atom stereocenters. The van der Waals surface area contributed by atoms with Crippen LogP contribution in [-0.2, 0) is 25.7 Å². The summed E-state index contributed by atoms with van der Waals surface area (Å²) in [4.78, 5) is 39.2. The molecule has 0 aliphatic carbocycles. The number of amides is 2. The van der Waals surface area contributed by atoms with Crippen molar-refractivity contribution in [2.75, 3.05) is 11.5 Å². The highest BCUT2D eigenvalue weighted by molar-refractivity contribution is 7.89. The van der Waals surface area contributed by atoms with Crippen LogP contribution in [0.2, 0.25) is 0 Å². The number of esters is 1. The maximum atomic E-state index is 14.2. The number of urea groups is 1. The van der Waals surface area contributed by atoms with E-state index in [0.29, 0.717) is 15.3 Å². The van der Waals surface area contributed by atoms with E-state index in [4.69, 9.17) is 4.74 Å². The van der Waals surface area contributed by atoms with E-state index >= 15 is 0 Å². The predicted octanol–water partition coefficient (Wildman–Crippen LogP) is 5.65. The summed E-state index contributed by atoms with van der Waals surface area (Å²) in [6.07, 6.45) is -3.58. The van der Waals surface area contributed by atoms with E-state index in [9.17, 15) is 46.3 Å². The van der Waals surface area contributed by atoms with Crippen LogP contribution < -0.4 is 4.90 Å². The minimum absolute atomic E-state index is 0.0525. The lowest BCUT2D eigenvalue weighted by atomic mass is 9.94. The van der Waals surface area contributed by atoms with Crippen LogP contribution in [0.5, 0.6) is 0 Å². The Labute approximate surface area is 249 Å². The first-order chi connectivity index (χ1) is 20.7. The highest BCUT2D eigenvalue weighted by atomic mass is 32.2. The number of nitrogens with zero attached hydrogens (tertiary/aromatic N) is 3. The quantitative estimate of drug-likeness (QED) is 0.250. The van der Waals surface area contributed by atoms with Gasteiger partial charge in [0.05, 0.1) is 38.9 Å². The van der Waals surface area contributed by atoms with Crippen LogP contribution >= 0.6 is 0 Å². The van der Waals surface area contributed by atoms with Crippen molar-refractivity contribution in [3.63, 3.8) is 0 Å². The number of sulfonamides is 1. The van der Waals surface area contributed by atoms with Crippen LogP contribution in [0.1, 0.15) is 40.0 Å². The molecule has 4 rings (SSSR count). The van der Waals surface area contributed by atoms with Gasteiger partial charge in [-0.15, -0.1) is 0 Å². The van der Waals surface area contributed by atoms with E-state index in [0.717, 1.165) is 42.5 Å². The molecule has 0 fully saturated rings. The van der Waals surface area contributed by atoms with Gasteiger partial charge in [0.2, 0.25) is 0 Å². The van der Waals surface area contributed by atoms with Crippen molar-refractivity contribution in [1.82, 2.24) is 4.31 Å². The van der Waals surface area contributed by atoms with Crippen molar-refractivity contribution in [3.8, 4) is 6.07 Å². The Morgan fingerprint density at radius 1 is 1.09 bits per heavy atom. The van der Waals surface area contributed by atoms with Gasteiger partial charge in [0, 0.05) is 5.70 Å². The Kier molecular flexibility index (Phi) is 8.64. The first kappa shape index (κ1) is 31.5. The van der Waals surface area contributed by atoms with Crippen LogP contribution in [0.15, 0.2) is 102 Å². The van der Waals surface area contributed by atoms with Gasteiger partial charge in [0.25, 0.3) is 10.0 Å². The third-order valence-electron chi connectivity index (χ3n) is 6.61. The number of carbonyl (C=O) groups is 3. The predicted molar refractivity (Wildman–Crippen MR) is 149 cm³/mol. The molecule has 226 valence electrons. The van der Waals surface area contributed by atoms with Gasteiger partial charge in [-0.05, 0) is 67.1 Å². The summed E-state index contributed by atoms with van der Waals surface area (Å²) in [7, 11) is -4.96. The molecule has 44 heavy (non-hydrogen) atoms. The average Bonchev–Trinajstić information content (AvgIpc) is 2.99. The number of nitriles is 1. The van der Waals surface area contributed by atoms with Crippen LogP contribution in [0.3, 0.4) is 0 Å². The Balaban J connectivity index is 2.05. The second-order valence-corrected chi connectivity index (χ2v) is 11.1. The van der Waals surface area contributed by atoms with Crippen molar-refractivity contribution >= 4 is 33.7 Å². The summed E-state index contributed by atoms with van der Waals surface area (Å²) >= 11 is 0. The molecular formula is C30H22F3N3O7S. The molecule has 1 heterocycles. The van der Waals surface area contributed by atoms with Crippen molar-refractivity contribution in [1.29, 1.82) is 5.26 Å². The number of benzene rings is 3. The van der Waals surface area contributed by atoms with Crippen molar-refractivity contribution in [2.45, 2.75) is 24.0 Å². The number of alkyl halides is 3. The molecule has 2 amide bonds. The van der Waals surface area contributed by atoms with E-state index in [1.54, 1.807) is 0 Å². The maximum Gasteiger partial charge on any atom is 0.416 e.